The highest BCUT2D eigenvalue weighted by atomic mass is 79.9. The lowest BCUT2D eigenvalue weighted by molar-refractivity contribution is 0.625. The molecule has 0 saturated carbocycles. The third-order valence-corrected chi connectivity index (χ3v) is 3.26. The lowest BCUT2D eigenvalue weighted by Crippen LogP contribution is -2.00. The van der Waals surface area contributed by atoms with E-state index < -0.39 is 0 Å². The first-order valence-corrected chi connectivity index (χ1v) is 6.16. The van der Waals surface area contributed by atoms with Gasteiger partial charge in [-0.2, -0.15) is 0 Å². The molecule has 1 nitrogen and oxygen atoms in total. The molecule has 0 fully saturated rings. The Kier molecular flexibility index (Phi) is 3.60. The van der Waals surface area contributed by atoms with Crippen molar-refractivity contribution >= 4 is 15.9 Å². The van der Waals surface area contributed by atoms with Gasteiger partial charge in [0.25, 0.3) is 0 Å². The first-order valence-electron chi connectivity index (χ1n) is 5.37. The van der Waals surface area contributed by atoms with Crippen LogP contribution in [0.5, 0.6) is 0 Å². The fraction of sp³-hybridized carbons (Fsp3) is 0.143. The molecule has 0 saturated heterocycles. The van der Waals surface area contributed by atoms with Gasteiger partial charge >= 0.3 is 0 Å². The molecular formula is C14H13BrFN. The minimum absolute atomic E-state index is 0.246. The zero-order chi connectivity index (χ0) is 12.4. The van der Waals surface area contributed by atoms with E-state index in [9.17, 15) is 4.39 Å². The summed E-state index contributed by atoms with van der Waals surface area (Å²) >= 11 is 3.43. The maximum atomic E-state index is 13.2. The Hall–Kier alpha value is -1.19. The van der Waals surface area contributed by atoms with E-state index in [1.165, 1.54) is 12.1 Å². The molecule has 2 aromatic carbocycles. The quantitative estimate of drug-likeness (QED) is 0.889. The minimum Gasteiger partial charge on any atom is -0.326 e. The van der Waals surface area contributed by atoms with Crippen molar-refractivity contribution in [3.63, 3.8) is 0 Å². The highest BCUT2D eigenvalue weighted by molar-refractivity contribution is 9.10. The molecule has 0 heterocycles. The summed E-state index contributed by atoms with van der Waals surface area (Å²) in [5.74, 6) is -0.246. The van der Waals surface area contributed by atoms with E-state index >= 15 is 0 Å². The van der Waals surface area contributed by atoms with E-state index in [4.69, 9.17) is 5.73 Å². The first kappa shape index (κ1) is 12.3. The predicted octanol–water partition coefficient (Wildman–Crippen LogP) is 4.02. The van der Waals surface area contributed by atoms with Crippen molar-refractivity contribution in [2.75, 3.05) is 0 Å². The lowest BCUT2D eigenvalue weighted by atomic mass is 9.96. The van der Waals surface area contributed by atoms with Crippen LogP contribution in [-0.4, -0.2) is 0 Å². The first-order chi connectivity index (χ1) is 8.11. The van der Waals surface area contributed by atoms with Crippen molar-refractivity contribution in [2.24, 2.45) is 5.73 Å². The molecule has 0 radical (unpaired) electrons. The Bertz CT molecular complexity index is 552. The van der Waals surface area contributed by atoms with Crippen LogP contribution in [0.3, 0.4) is 0 Å². The molecule has 2 N–H and O–H groups in total. The molecular weight excluding hydrogens is 281 g/mol. The van der Waals surface area contributed by atoms with Crippen LogP contribution >= 0.6 is 15.9 Å². The second-order valence-electron chi connectivity index (χ2n) is 3.96. The van der Waals surface area contributed by atoms with Gasteiger partial charge in [-0.05, 0) is 53.4 Å². The molecule has 0 atom stereocenters. The van der Waals surface area contributed by atoms with E-state index in [1.54, 1.807) is 6.07 Å². The van der Waals surface area contributed by atoms with E-state index in [1.807, 2.05) is 25.1 Å². The van der Waals surface area contributed by atoms with Gasteiger partial charge in [0, 0.05) is 11.0 Å². The van der Waals surface area contributed by atoms with Gasteiger partial charge < -0.3 is 5.73 Å². The summed E-state index contributed by atoms with van der Waals surface area (Å²) in [6.45, 7) is 2.37. The molecule has 0 amide bonds. The van der Waals surface area contributed by atoms with Crippen LogP contribution in [0.2, 0.25) is 0 Å². The lowest BCUT2D eigenvalue weighted by Gasteiger charge is -2.11. The van der Waals surface area contributed by atoms with Crippen LogP contribution in [0, 0.1) is 12.7 Å². The van der Waals surface area contributed by atoms with Crippen molar-refractivity contribution in [1.82, 2.24) is 0 Å². The standard InChI is InChI=1S/C14H13BrFN/c1-9-6-11(15)2-4-13(9)14-5-3-12(16)7-10(14)8-17/h2-7H,8,17H2,1H3. The van der Waals surface area contributed by atoms with Gasteiger partial charge in [-0.3, -0.25) is 0 Å². The van der Waals surface area contributed by atoms with Crippen molar-refractivity contribution in [2.45, 2.75) is 13.5 Å². The normalized spacial score (nSPS) is 10.6. The number of rotatable bonds is 2. The maximum Gasteiger partial charge on any atom is 0.123 e. The van der Waals surface area contributed by atoms with Gasteiger partial charge in [0.2, 0.25) is 0 Å². The van der Waals surface area contributed by atoms with E-state index in [0.29, 0.717) is 6.54 Å². The molecule has 0 aromatic heterocycles. The highest BCUT2D eigenvalue weighted by Crippen LogP contribution is 2.29. The summed E-state index contributed by atoms with van der Waals surface area (Å²) in [6.07, 6.45) is 0. The largest absolute Gasteiger partial charge is 0.326 e. The number of halogens is 2. The average Bonchev–Trinajstić information content (AvgIpc) is 2.30. The Labute approximate surface area is 109 Å². The van der Waals surface area contributed by atoms with Crippen molar-refractivity contribution in [3.8, 4) is 11.1 Å². The Balaban J connectivity index is 2.60. The smallest absolute Gasteiger partial charge is 0.123 e. The molecule has 0 aliphatic heterocycles. The topological polar surface area (TPSA) is 26.0 Å². The molecule has 2 rings (SSSR count). The van der Waals surface area contributed by atoms with Crippen LogP contribution in [-0.2, 0) is 6.54 Å². The molecule has 88 valence electrons. The molecule has 0 aliphatic rings. The van der Waals surface area contributed by atoms with Gasteiger partial charge in [-0.25, -0.2) is 4.39 Å². The third-order valence-electron chi connectivity index (χ3n) is 2.77. The summed E-state index contributed by atoms with van der Waals surface area (Å²) in [5.41, 5.74) is 9.72. The van der Waals surface area contributed by atoms with Crippen molar-refractivity contribution in [3.05, 3.63) is 57.8 Å². The zero-order valence-electron chi connectivity index (χ0n) is 9.50. The van der Waals surface area contributed by atoms with Gasteiger partial charge in [-0.15, -0.1) is 0 Å². The van der Waals surface area contributed by atoms with E-state index in [0.717, 1.165) is 26.7 Å². The van der Waals surface area contributed by atoms with Crippen LogP contribution in [0.4, 0.5) is 4.39 Å². The van der Waals surface area contributed by atoms with Gasteiger partial charge in [0.05, 0.1) is 0 Å². The van der Waals surface area contributed by atoms with Crippen molar-refractivity contribution in [1.29, 1.82) is 0 Å². The summed E-state index contributed by atoms with van der Waals surface area (Å²) in [5, 5.41) is 0. The Morgan fingerprint density at radius 3 is 2.47 bits per heavy atom. The second kappa shape index (κ2) is 4.98. The molecule has 0 aliphatic carbocycles. The summed E-state index contributed by atoms with van der Waals surface area (Å²) in [4.78, 5) is 0. The minimum atomic E-state index is -0.246. The number of hydrogen-bond donors (Lipinski definition) is 1. The Morgan fingerprint density at radius 2 is 1.82 bits per heavy atom. The van der Waals surface area contributed by atoms with Crippen molar-refractivity contribution < 1.29 is 4.39 Å². The fourth-order valence-corrected chi connectivity index (χ4v) is 2.40. The van der Waals surface area contributed by atoms with Gasteiger partial charge in [-0.1, -0.05) is 28.1 Å². The van der Waals surface area contributed by atoms with Crippen LogP contribution in [0.15, 0.2) is 40.9 Å². The molecule has 0 unspecified atom stereocenters. The van der Waals surface area contributed by atoms with E-state index in [2.05, 4.69) is 15.9 Å². The van der Waals surface area contributed by atoms with Gasteiger partial charge in [0.1, 0.15) is 5.82 Å². The predicted molar refractivity (Wildman–Crippen MR) is 72.2 cm³/mol. The molecule has 2 aromatic rings. The number of benzene rings is 2. The molecule has 0 bridgehead atoms. The molecule has 0 spiro atoms. The third kappa shape index (κ3) is 2.56. The van der Waals surface area contributed by atoms with Crippen LogP contribution < -0.4 is 5.73 Å². The SMILES string of the molecule is Cc1cc(Br)ccc1-c1ccc(F)cc1CN. The monoisotopic (exact) mass is 293 g/mol. The zero-order valence-corrected chi connectivity index (χ0v) is 11.1. The summed E-state index contributed by atoms with van der Waals surface area (Å²) < 4.78 is 14.2. The van der Waals surface area contributed by atoms with Gasteiger partial charge in [0.15, 0.2) is 0 Å². The summed E-state index contributed by atoms with van der Waals surface area (Å²) in [6, 6.07) is 10.8. The fourth-order valence-electron chi connectivity index (χ4n) is 1.92. The van der Waals surface area contributed by atoms with Crippen LogP contribution in [0.25, 0.3) is 11.1 Å². The number of aryl methyl sites for hydroxylation is 1. The second-order valence-corrected chi connectivity index (χ2v) is 4.88. The molecule has 17 heavy (non-hydrogen) atoms. The molecule has 3 heteroatoms. The summed E-state index contributed by atoms with van der Waals surface area (Å²) in [7, 11) is 0. The van der Waals surface area contributed by atoms with E-state index in [-0.39, 0.29) is 5.82 Å². The average molecular weight is 294 g/mol. The van der Waals surface area contributed by atoms with Crippen LogP contribution in [0.1, 0.15) is 11.1 Å². The number of nitrogens with two attached hydrogens (primary N) is 1. The Morgan fingerprint density at radius 1 is 1.12 bits per heavy atom. The number of hydrogen-bond acceptors (Lipinski definition) is 1. The maximum absolute atomic E-state index is 13.2. The highest BCUT2D eigenvalue weighted by Gasteiger charge is 2.08.